The van der Waals surface area contributed by atoms with Crippen LogP contribution in [-0.4, -0.2) is 41.8 Å². The van der Waals surface area contributed by atoms with Crippen molar-refractivity contribution in [3.8, 4) is 11.8 Å². The molecule has 1 rings (SSSR count). The van der Waals surface area contributed by atoms with Gasteiger partial charge in [-0.2, -0.15) is 5.26 Å². The van der Waals surface area contributed by atoms with Crippen LogP contribution in [-0.2, 0) is 0 Å². The molecule has 1 unspecified atom stereocenters. The molecule has 1 atom stereocenters. The van der Waals surface area contributed by atoms with Crippen LogP contribution < -0.4 is 4.74 Å². The first kappa shape index (κ1) is 15.5. The number of hydrogen-bond acceptors (Lipinski definition) is 4. The third kappa shape index (κ3) is 5.73. The first-order valence-corrected chi connectivity index (χ1v) is 6.58. The first-order chi connectivity index (χ1) is 9.02. The Kier molecular flexibility index (Phi) is 6.34. The third-order valence-corrected chi connectivity index (χ3v) is 2.84. The zero-order chi connectivity index (χ0) is 14.3. The van der Waals surface area contributed by atoms with Gasteiger partial charge in [-0.25, -0.2) is 0 Å². The van der Waals surface area contributed by atoms with Crippen molar-refractivity contribution in [3.05, 3.63) is 29.8 Å². The molecule has 1 aromatic carbocycles. The van der Waals surface area contributed by atoms with Gasteiger partial charge >= 0.3 is 0 Å². The number of aliphatic hydroxyl groups excluding tert-OH is 1. The van der Waals surface area contributed by atoms with Gasteiger partial charge in [0.2, 0.25) is 0 Å². The summed E-state index contributed by atoms with van der Waals surface area (Å²) in [5.41, 5.74) is 0.599. The maximum atomic E-state index is 9.44. The summed E-state index contributed by atoms with van der Waals surface area (Å²) in [6.07, 6.45) is -0.343. The summed E-state index contributed by atoms with van der Waals surface area (Å²) in [6.45, 7) is 7.91. The summed E-state index contributed by atoms with van der Waals surface area (Å²) in [4.78, 5) is 2.17. The van der Waals surface area contributed by atoms with Gasteiger partial charge in [-0.15, -0.1) is 0 Å². The zero-order valence-electron chi connectivity index (χ0n) is 11.8. The van der Waals surface area contributed by atoms with Crippen molar-refractivity contribution in [2.45, 2.75) is 32.9 Å². The maximum Gasteiger partial charge on any atom is 0.120 e. The number of nitrogens with zero attached hydrogens (tertiary/aromatic N) is 2. The SMILES string of the molecule is CC(O)CN(CCOc1cccc(C#N)c1)C(C)C. The zero-order valence-corrected chi connectivity index (χ0v) is 11.8. The molecule has 0 aliphatic carbocycles. The van der Waals surface area contributed by atoms with Crippen molar-refractivity contribution < 1.29 is 9.84 Å². The highest BCUT2D eigenvalue weighted by molar-refractivity contribution is 5.36. The van der Waals surface area contributed by atoms with E-state index in [1.165, 1.54) is 0 Å². The molecule has 0 aliphatic heterocycles. The van der Waals surface area contributed by atoms with E-state index in [1.54, 1.807) is 19.1 Å². The lowest BCUT2D eigenvalue weighted by atomic mass is 10.2. The summed E-state index contributed by atoms with van der Waals surface area (Å²) in [7, 11) is 0. The smallest absolute Gasteiger partial charge is 0.120 e. The van der Waals surface area contributed by atoms with E-state index in [4.69, 9.17) is 10.00 Å². The second-order valence-electron chi connectivity index (χ2n) is 4.93. The molecule has 0 bridgehead atoms. The van der Waals surface area contributed by atoms with Crippen molar-refractivity contribution in [2.75, 3.05) is 19.7 Å². The highest BCUT2D eigenvalue weighted by atomic mass is 16.5. The Labute approximate surface area is 115 Å². The van der Waals surface area contributed by atoms with Gasteiger partial charge in [0, 0.05) is 19.1 Å². The molecule has 19 heavy (non-hydrogen) atoms. The Morgan fingerprint density at radius 1 is 1.37 bits per heavy atom. The van der Waals surface area contributed by atoms with Crippen molar-refractivity contribution in [2.24, 2.45) is 0 Å². The molecule has 0 fully saturated rings. The minimum atomic E-state index is -0.343. The van der Waals surface area contributed by atoms with Gasteiger partial charge in [0.05, 0.1) is 17.7 Å². The fourth-order valence-electron chi connectivity index (χ4n) is 1.84. The lowest BCUT2D eigenvalue weighted by molar-refractivity contribution is 0.0955. The normalized spacial score (nSPS) is 12.5. The minimum absolute atomic E-state index is 0.343. The van der Waals surface area contributed by atoms with E-state index in [2.05, 4.69) is 24.8 Å². The average molecular weight is 262 g/mol. The van der Waals surface area contributed by atoms with Crippen molar-refractivity contribution in [3.63, 3.8) is 0 Å². The molecule has 1 N–H and O–H groups in total. The van der Waals surface area contributed by atoms with Gasteiger partial charge in [-0.3, -0.25) is 4.90 Å². The third-order valence-electron chi connectivity index (χ3n) is 2.84. The van der Waals surface area contributed by atoms with E-state index in [0.717, 1.165) is 6.54 Å². The van der Waals surface area contributed by atoms with Crippen molar-refractivity contribution in [1.82, 2.24) is 4.90 Å². The summed E-state index contributed by atoms with van der Waals surface area (Å²) < 4.78 is 5.64. The van der Waals surface area contributed by atoms with E-state index < -0.39 is 0 Å². The van der Waals surface area contributed by atoms with Gasteiger partial charge < -0.3 is 9.84 Å². The van der Waals surface area contributed by atoms with Crippen LogP contribution in [0, 0.1) is 11.3 Å². The topological polar surface area (TPSA) is 56.5 Å². The molecule has 0 saturated carbocycles. The fraction of sp³-hybridized carbons (Fsp3) is 0.533. The van der Waals surface area contributed by atoms with Crippen LogP contribution >= 0.6 is 0 Å². The predicted molar refractivity (Wildman–Crippen MR) is 75.0 cm³/mol. The van der Waals surface area contributed by atoms with Gasteiger partial charge in [0.15, 0.2) is 0 Å². The van der Waals surface area contributed by atoms with E-state index >= 15 is 0 Å². The monoisotopic (exact) mass is 262 g/mol. The molecule has 0 aliphatic rings. The molecular weight excluding hydrogens is 240 g/mol. The number of ether oxygens (including phenoxy) is 1. The summed E-state index contributed by atoms with van der Waals surface area (Å²) >= 11 is 0. The number of nitriles is 1. The minimum Gasteiger partial charge on any atom is -0.492 e. The average Bonchev–Trinajstić information content (AvgIpc) is 2.37. The molecule has 104 valence electrons. The Morgan fingerprint density at radius 3 is 2.68 bits per heavy atom. The predicted octanol–water partition coefficient (Wildman–Crippen LogP) is 2.03. The Bertz CT molecular complexity index is 424. The Hall–Kier alpha value is -1.57. The molecule has 0 radical (unpaired) electrons. The fourth-order valence-corrected chi connectivity index (χ4v) is 1.84. The molecule has 1 aromatic rings. The molecule has 4 heteroatoms. The number of hydrogen-bond donors (Lipinski definition) is 1. The highest BCUT2D eigenvalue weighted by Gasteiger charge is 2.11. The van der Waals surface area contributed by atoms with Gasteiger partial charge in [0.25, 0.3) is 0 Å². The van der Waals surface area contributed by atoms with Crippen LogP contribution in [0.4, 0.5) is 0 Å². The Morgan fingerprint density at radius 2 is 2.11 bits per heavy atom. The van der Waals surface area contributed by atoms with Crippen LogP contribution in [0.3, 0.4) is 0 Å². The molecule has 0 heterocycles. The Balaban J connectivity index is 2.45. The molecule has 0 aromatic heterocycles. The highest BCUT2D eigenvalue weighted by Crippen LogP contribution is 2.12. The molecular formula is C15H22N2O2. The van der Waals surface area contributed by atoms with Crippen LogP contribution in [0.25, 0.3) is 0 Å². The van der Waals surface area contributed by atoms with Gasteiger partial charge in [0.1, 0.15) is 12.4 Å². The maximum absolute atomic E-state index is 9.44. The quantitative estimate of drug-likeness (QED) is 0.817. The molecule has 0 saturated heterocycles. The van der Waals surface area contributed by atoms with E-state index in [0.29, 0.717) is 30.5 Å². The molecule has 0 amide bonds. The van der Waals surface area contributed by atoms with Crippen LogP contribution in [0.1, 0.15) is 26.3 Å². The molecule has 4 nitrogen and oxygen atoms in total. The second kappa shape index (κ2) is 7.78. The van der Waals surface area contributed by atoms with Crippen LogP contribution in [0.5, 0.6) is 5.75 Å². The second-order valence-corrected chi connectivity index (χ2v) is 4.93. The summed E-state index contributed by atoms with van der Waals surface area (Å²) in [6, 6.07) is 9.59. The lowest BCUT2D eigenvalue weighted by Crippen LogP contribution is -2.39. The largest absolute Gasteiger partial charge is 0.492 e. The lowest BCUT2D eigenvalue weighted by Gasteiger charge is -2.27. The van der Waals surface area contributed by atoms with Gasteiger partial charge in [-0.1, -0.05) is 6.07 Å². The summed E-state index contributed by atoms with van der Waals surface area (Å²) in [5, 5.41) is 18.2. The first-order valence-electron chi connectivity index (χ1n) is 6.58. The standard InChI is InChI=1S/C15H22N2O2/c1-12(2)17(11-13(3)18)7-8-19-15-6-4-5-14(9-15)10-16/h4-6,9,12-13,18H,7-8,11H2,1-3H3. The summed E-state index contributed by atoms with van der Waals surface area (Å²) in [5.74, 6) is 0.708. The van der Waals surface area contributed by atoms with Crippen LogP contribution in [0.2, 0.25) is 0 Å². The molecule has 0 spiro atoms. The number of rotatable bonds is 7. The van der Waals surface area contributed by atoms with Crippen molar-refractivity contribution in [1.29, 1.82) is 5.26 Å². The van der Waals surface area contributed by atoms with E-state index in [1.807, 2.05) is 12.1 Å². The van der Waals surface area contributed by atoms with Gasteiger partial charge in [-0.05, 0) is 39.0 Å². The van der Waals surface area contributed by atoms with E-state index in [-0.39, 0.29) is 6.10 Å². The van der Waals surface area contributed by atoms with Crippen LogP contribution in [0.15, 0.2) is 24.3 Å². The number of benzene rings is 1. The van der Waals surface area contributed by atoms with E-state index in [9.17, 15) is 5.11 Å². The number of aliphatic hydroxyl groups is 1. The van der Waals surface area contributed by atoms with Crippen molar-refractivity contribution >= 4 is 0 Å².